The van der Waals surface area contributed by atoms with E-state index in [0.717, 1.165) is 17.1 Å². The first kappa shape index (κ1) is 14.7. The van der Waals surface area contributed by atoms with Crippen LogP contribution in [0.25, 0.3) is 0 Å². The molecule has 0 spiro atoms. The van der Waals surface area contributed by atoms with Gasteiger partial charge >= 0.3 is 0 Å². The van der Waals surface area contributed by atoms with Crippen LogP contribution in [-0.4, -0.2) is 31.7 Å². The van der Waals surface area contributed by atoms with Crippen molar-refractivity contribution in [3.63, 3.8) is 0 Å². The highest BCUT2D eigenvalue weighted by atomic mass is 16.6. The van der Waals surface area contributed by atoms with E-state index in [1.54, 1.807) is 0 Å². The zero-order chi connectivity index (χ0) is 14.5. The molecule has 0 fully saturated rings. The number of rotatable bonds is 5. The number of hydrogen-bond donors (Lipinski definition) is 2. The van der Waals surface area contributed by atoms with Crippen LogP contribution in [0.4, 0.5) is 0 Å². The maximum atomic E-state index is 11.6. The van der Waals surface area contributed by atoms with E-state index in [4.69, 9.17) is 9.47 Å². The molecular weight excluding hydrogens is 256 g/mol. The SMILES string of the molecule is CC(C)NC(=O)CNC(C)c1ccc2c(c1)OCCO2. The third-order valence-corrected chi connectivity index (χ3v) is 3.08. The summed E-state index contributed by atoms with van der Waals surface area (Å²) < 4.78 is 11.1. The summed E-state index contributed by atoms with van der Waals surface area (Å²) >= 11 is 0. The molecule has 0 saturated carbocycles. The number of ether oxygens (including phenoxy) is 2. The maximum Gasteiger partial charge on any atom is 0.234 e. The Bertz CT molecular complexity index is 474. The van der Waals surface area contributed by atoms with Crippen molar-refractivity contribution in [3.05, 3.63) is 23.8 Å². The Kier molecular flexibility index (Phi) is 4.84. The van der Waals surface area contributed by atoms with Crippen molar-refractivity contribution >= 4 is 5.91 Å². The van der Waals surface area contributed by atoms with Crippen molar-refractivity contribution in [2.45, 2.75) is 32.9 Å². The summed E-state index contributed by atoms with van der Waals surface area (Å²) in [6, 6.07) is 6.10. The van der Waals surface area contributed by atoms with Gasteiger partial charge in [-0.3, -0.25) is 4.79 Å². The number of nitrogens with one attached hydrogen (secondary N) is 2. The Labute approximate surface area is 119 Å². The van der Waals surface area contributed by atoms with Crippen molar-refractivity contribution in [2.75, 3.05) is 19.8 Å². The molecule has 1 unspecified atom stereocenters. The molecule has 0 saturated heterocycles. The van der Waals surface area contributed by atoms with Crippen LogP contribution in [0.5, 0.6) is 11.5 Å². The first-order chi connectivity index (χ1) is 9.56. The first-order valence-corrected chi connectivity index (χ1v) is 6.98. The van der Waals surface area contributed by atoms with E-state index in [1.807, 2.05) is 39.0 Å². The van der Waals surface area contributed by atoms with Crippen molar-refractivity contribution < 1.29 is 14.3 Å². The van der Waals surface area contributed by atoms with Crippen LogP contribution in [0.15, 0.2) is 18.2 Å². The highest BCUT2D eigenvalue weighted by molar-refractivity contribution is 5.78. The summed E-state index contributed by atoms with van der Waals surface area (Å²) in [6.07, 6.45) is 0. The Morgan fingerprint density at radius 1 is 1.20 bits per heavy atom. The molecule has 1 aliphatic heterocycles. The molecule has 0 aromatic heterocycles. The normalized spacial score (nSPS) is 15.0. The molecule has 0 radical (unpaired) electrons. The van der Waals surface area contributed by atoms with E-state index in [0.29, 0.717) is 19.8 Å². The van der Waals surface area contributed by atoms with E-state index in [1.165, 1.54) is 0 Å². The van der Waals surface area contributed by atoms with Crippen molar-refractivity contribution in [2.24, 2.45) is 0 Å². The minimum atomic E-state index is 0.00407. The van der Waals surface area contributed by atoms with Crippen LogP contribution in [-0.2, 0) is 4.79 Å². The molecule has 1 amide bonds. The topological polar surface area (TPSA) is 59.6 Å². The quantitative estimate of drug-likeness (QED) is 0.859. The molecule has 1 aromatic carbocycles. The molecule has 110 valence electrons. The lowest BCUT2D eigenvalue weighted by Crippen LogP contribution is -2.38. The van der Waals surface area contributed by atoms with Gasteiger partial charge in [0, 0.05) is 12.1 Å². The summed E-state index contributed by atoms with van der Waals surface area (Å²) in [6.45, 7) is 7.39. The van der Waals surface area contributed by atoms with Crippen LogP contribution >= 0.6 is 0 Å². The Balaban J connectivity index is 1.92. The molecule has 2 rings (SSSR count). The van der Waals surface area contributed by atoms with Crippen LogP contribution < -0.4 is 20.1 Å². The van der Waals surface area contributed by atoms with Crippen molar-refractivity contribution in [3.8, 4) is 11.5 Å². The predicted octanol–water partition coefficient (Wildman–Crippen LogP) is 1.63. The van der Waals surface area contributed by atoms with Gasteiger partial charge < -0.3 is 20.1 Å². The van der Waals surface area contributed by atoms with Gasteiger partial charge in [-0.05, 0) is 38.5 Å². The van der Waals surface area contributed by atoms with Crippen molar-refractivity contribution in [1.29, 1.82) is 0 Å². The summed E-state index contributed by atoms with van der Waals surface area (Å²) in [4.78, 5) is 11.6. The summed E-state index contributed by atoms with van der Waals surface area (Å²) in [5.74, 6) is 1.56. The predicted molar refractivity (Wildman–Crippen MR) is 77.1 cm³/mol. The summed E-state index contributed by atoms with van der Waals surface area (Å²) in [5, 5.41) is 6.06. The Hall–Kier alpha value is -1.75. The van der Waals surface area contributed by atoms with Gasteiger partial charge in [-0.25, -0.2) is 0 Å². The fourth-order valence-corrected chi connectivity index (χ4v) is 2.07. The van der Waals surface area contributed by atoms with Crippen LogP contribution in [0, 0.1) is 0 Å². The van der Waals surface area contributed by atoms with Gasteiger partial charge in [-0.2, -0.15) is 0 Å². The minimum absolute atomic E-state index is 0.00407. The zero-order valence-corrected chi connectivity index (χ0v) is 12.2. The summed E-state index contributed by atoms with van der Waals surface area (Å²) in [5.41, 5.74) is 1.08. The number of benzene rings is 1. The van der Waals surface area contributed by atoms with Crippen molar-refractivity contribution in [1.82, 2.24) is 10.6 Å². The van der Waals surface area contributed by atoms with E-state index < -0.39 is 0 Å². The number of carbonyl (C=O) groups excluding carboxylic acids is 1. The third kappa shape index (κ3) is 3.87. The maximum absolute atomic E-state index is 11.6. The van der Waals surface area contributed by atoms with E-state index in [2.05, 4.69) is 10.6 Å². The smallest absolute Gasteiger partial charge is 0.234 e. The largest absolute Gasteiger partial charge is 0.486 e. The monoisotopic (exact) mass is 278 g/mol. The average Bonchev–Trinajstić information content (AvgIpc) is 2.43. The zero-order valence-electron chi connectivity index (χ0n) is 12.2. The number of amides is 1. The van der Waals surface area contributed by atoms with Gasteiger partial charge in [0.15, 0.2) is 11.5 Å². The number of fused-ring (bicyclic) bond motifs is 1. The van der Waals surface area contributed by atoms with Gasteiger partial charge in [0.05, 0.1) is 6.54 Å². The minimum Gasteiger partial charge on any atom is -0.486 e. The van der Waals surface area contributed by atoms with E-state index in [-0.39, 0.29) is 18.0 Å². The lowest BCUT2D eigenvalue weighted by Gasteiger charge is -2.21. The first-order valence-electron chi connectivity index (χ1n) is 6.98. The van der Waals surface area contributed by atoms with Crippen LogP contribution in [0.1, 0.15) is 32.4 Å². The summed E-state index contributed by atoms with van der Waals surface area (Å²) in [7, 11) is 0. The van der Waals surface area contributed by atoms with Gasteiger partial charge in [0.1, 0.15) is 13.2 Å². The highest BCUT2D eigenvalue weighted by Crippen LogP contribution is 2.32. The molecule has 2 N–H and O–H groups in total. The van der Waals surface area contributed by atoms with Gasteiger partial charge in [-0.1, -0.05) is 6.07 Å². The van der Waals surface area contributed by atoms with Crippen LogP contribution in [0.3, 0.4) is 0 Å². The molecule has 20 heavy (non-hydrogen) atoms. The molecule has 1 aliphatic rings. The van der Waals surface area contributed by atoms with Gasteiger partial charge in [0.2, 0.25) is 5.91 Å². The number of carbonyl (C=O) groups is 1. The standard InChI is InChI=1S/C15H22N2O3/c1-10(2)17-15(18)9-16-11(3)12-4-5-13-14(8-12)20-7-6-19-13/h4-5,8,10-11,16H,6-7,9H2,1-3H3,(H,17,18). The van der Waals surface area contributed by atoms with Gasteiger partial charge in [0.25, 0.3) is 0 Å². The second-order valence-corrected chi connectivity index (χ2v) is 5.23. The molecule has 1 atom stereocenters. The second kappa shape index (κ2) is 6.61. The second-order valence-electron chi connectivity index (χ2n) is 5.23. The van der Waals surface area contributed by atoms with E-state index in [9.17, 15) is 4.79 Å². The lowest BCUT2D eigenvalue weighted by molar-refractivity contribution is -0.120. The molecule has 5 nitrogen and oxygen atoms in total. The molecule has 0 aliphatic carbocycles. The molecule has 1 heterocycles. The third-order valence-electron chi connectivity index (χ3n) is 3.08. The molecule has 1 aromatic rings. The fraction of sp³-hybridized carbons (Fsp3) is 0.533. The van der Waals surface area contributed by atoms with Gasteiger partial charge in [-0.15, -0.1) is 0 Å². The van der Waals surface area contributed by atoms with Crippen LogP contribution in [0.2, 0.25) is 0 Å². The fourth-order valence-electron chi connectivity index (χ4n) is 2.07. The molecule has 5 heteroatoms. The Morgan fingerprint density at radius 2 is 1.90 bits per heavy atom. The number of hydrogen-bond acceptors (Lipinski definition) is 4. The Morgan fingerprint density at radius 3 is 2.60 bits per heavy atom. The highest BCUT2D eigenvalue weighted by Gasteiger charge is 2.15. The molecule has 0 bridgehead atoms. The molecular formula is C15H22N2O3. The average molecular weight is 278 g/mol. The lowest BCUT2D eigenvalue weighted by atomic mass is 10.1. The van der Waals surface area contributed by atoms with E-state index >= 15 is 0 Å².